The third kappa shape index (κ3) is 5.29. The summed E-state index contributed by atoms with van der Waals surface area (Å²) in [6.07, 6.45) is 0. The first-order valence-electron chi connectivity index (χ1n) is 18.8. The second-order valence-corrected chi connectivity index (χ2v) is 14.0. The van der Waals surface area contributed by atoms with E-state index in [1.54, 1.807) is 0 Å². The summed E-state index contributed by atoms with van der Waals surface area (Å²) in [6.45, 7) is 0. The molecular formula is C51H32N4O. The third-order valence-corrected chi connectivity index (χ3v) is 10.6. The number of nitrogens with zero attached hydrogens (tertiary/aromatic N) is 4. The molecule has 0 bridgehead atoms. The lowest BCUT2D eigenvalue weighted by Gasteiger charge is -2.12. The van der Waals surface area contributed by atoms with E-state index in [1.165, 1.54) is 21.9 Å². The minimum absolute atomic E-state index is 0.587. The summed E-state index contributed by atoms with van der Waals surface area (Å²) in [5, 5.41) is 4.51. The molecule has 0 spiro atoms. The van der Waals surface area contributed by atoms with Crippen LogP contribution in [0.15, 0.2) is 199 Å². The van der Waals surface area contributed by atoms with Crippen molar-refractivity contribution in [1.29, 1.82) is 0 Å². The molecule has 0 radical (unpaired) electrons. The highest BCUT2D eigenvalue weighted by molar-refractivity contribution is 6.17. The van der Waals surface area contributed by atoms with Crippen molar-refractivity contribution in [3.05, 3.63) is 194 Å². The van der Waals surface area contributed by atoms with Crippen molar-refractivity contribution >= 4 is 43.7 Å². The summed E-state index contributed by atoms with van der Waals surface area (Å²) in [5.41, 5.74) is 12.2. The first-order chi connectivity index (χ1) is 27.8. The zero-order valence-corrected chi connectivity index (χ0v) is 30.2. The van der Waals surface area contributed by atoms with Gasteiger partial charge in [-0.15, -0.1) is 0 Å². The number of hydrogen-bond donors (Lipinski definition) is 0. The quantitative estimate of drug-likeness (QED) is 0.172. The Kier molecular flexibility index (Phi) is 7.42. The highest BCUT2D eigenvalue weighted by atomic mass is 16.3. The molecule has 262 valence electrons. The SMILES string of the molecule is c1ccc(-c2nc(-c3ccccc3)nc(-c3ccc4c(c3)oc3c(-c5ccccc5)cc(-n5c6ccccc6c6c(-c7ccccc7)cccc65)cc34)n2)cc1. The Bertz CT molecular complexity index is 3170. The lowest BCUT2D eigenvalue weighted by atomic mass is 9.99. The lowest BCUT2D eigenvalue weighted by molar-refractivity contribution is 0.670. The fraction of sp³-hybridized carbons (Fsp3) is 0. The molecule has 56 heavy (non-hydrogen) atoms. The third-order valence-electron chi connectivity index (χ3n) is 10.6. The number of para-hydroxylation sites is 1. The van der Waals surface area contributed by atoms with E-state index >= 15 is 0 Å². The Morgan fingerprint density at radius 3 is 1.54 bits per heavy atom. The number of hydrogen-bond acceptors (Lipinski definition) is 4. The molecule has 0 amide bonds. The highest BCUT2D eigenvalue weighted by Crippen LogP contribution is 2.43. The summed E-state index contributed by atoms with van der Waals surface area (Å²) in [6, 6.07) is 67.5. The van der Waals surface area contributed by atoms with Crippen molar-refractivity contribution in [2.45, 2.75) is 0 Å². The number of aromatic nitrogens is 4. The molecule has 0 unspecified atom stereocenters. The molecule has 5 heteroatoms. The van der Waals surface area contributed by atoms with Crippen molar-refractivity contribution in [3.63, 3.8) is 0 Å². The summed E-state index contributed by atoms with van der Waals surface area (Å²) >= 11 is 0. The number of rotatable bonds is 6. The second-order valence-electron chi connectivity index (χ2n) is 14.0. The lowest BCUT2D eigenvalue weighted by Crippen LogP contribution is -2.00. The number of furan rings is 1. The number of benzene rings is 8. The van der Waals surface area contributed by atoms with Crippen LogP contribution in [0.2, 0.25) is 0 Å². The van der Waals surface area contributed by atoms with E-state index in [0.29, 0.717) is 17.5 Å². The van der Waals surface area contributed by atoms with Crippen LogP contribution in [0.25, 0.3) is 106 Å². The van der Waals surface area contributed by atoms with Gasteiger partial charge in [-0.3, -0.25) is 0 Å². The zero-order valence-electron chi connectivity index (χ0n) is 30.2. The summed E-state index contributed by atoms with van der Waals surface area (Å²) in [5.74, 6) is 1.83. The average molecular weight is 717 g/mol. The van der Waals surface area contributed by atoms with Gasteiger partial charge in [0.2, 0.25) is 0 Å². The normalized spacial score (nSPS) is 11.6. The summed E-state index contributed by atoms with van der Waals surface area (Å²) in [4.78, 5) is 14.9. The predicted molar refractivity (Wildman–Crippen MR) is 229 cm³/mol. The van der Waals surface area contributed by atoms with Crippen LogP contribution in [0.3, 0.4) is 0 Å². The van der Waals surface area contributed by atoms with E-state index in [9.17, 15) is 0 Å². The summed E-state index contributed by atoms with van der Waals surface area (Å²) in [7, 11) is 0. The first-order valence-corrected chi connectivity index (χ1v) is 18.8. The topological polar surface area (TPSA) is 56.7 Å². The molecule has 0 fully saturated rings. The maximum atomic E-state index is 6.87. The fourth-order valence-corrected chi connectivity index (χ4v) is 8.06. The van der Waals surface area contributed by atoms with Crippen molar-refractivity contribution in [2.75, 3.05) is 0 Å². The van der Waals surface area contributed by atoms with Crippen LogP contribution in [-0.4, -0.2) is 19.5 Å². The molecule has 8 aromatic carbocycles. The van der Waals surface area contributed by atoms with E-state index in [4.69, 9.17) is 19.4 Å². The maximum absolute atomic E-state index is 6.87. The standard InChI is InChI=1S/C51H32N4O/c1-5-16-33(17-6-1)39-25-15-27-45-47(39)41-24-13-14-26-44(41)55(45)38-31-42(34-18-7-2-8-19-34)48-43(32-38)40-29-28-37(30-46(40)56-48)51-53-49(35-20-9-3-10-21-35)52-50(54-51)36-22-11-4-12-23-36/h1-32H. The van der Waals surface area contributed by atoms with Crippen LogP contribution in [-0.2, 0) is 0 Å². The van der Waals surface area contributed by atoms with E-state index in [1.807, 2.05) is 60.7 Å². The Balaban J connectivity index is 1.14. The minimum atomic E-state index is 0.587. The smallest absolute Gasteiger partial charge is 0.164 e. The highest BCUT2D eigenvalue weighted by Gasteiger charge is 2.21. The van der Waals surface area contributed by atoms with E-state index < -0.39 is 0 Å². The monoisotopic (exact) mass is 716 g/mol. The molecule has 3 aromatic heterocycles. The molecule has 0 N–H and O–H groups in total. The first kappa shape index (κ1) is 31.9. The molecule has 0 saturated heterocycles. The molecule has 5 nitrogen and oxygen atoms in total. The van der Waals surface area contributed by atoms with Gasteiger partial charge in [-0.1, -0.05) is 158 Å². The fourth-order valence-electron chi connectivity index (χ4n) is 8.06. The van der Waals surface area contributed by atoms with Gasteiger partial charge in [0.1, 0.15) is 11.2 Å². The van der Waals surface area contributed by atoms with Crippen LogP contribution in [0.4, 0.5) is 0 Å². The van der Waals surface area contributed by atoms with Gasteiger partial charge in [-0.05, 0) is 53.1 Å². The molecule has 11 aromatic rings. The van der Waals surface area contributed by atoms with E-state index in [0.717, 1.165) is 66.5 Å². The van der Waals surface area contributed by atoms with Gasteiger partial charge in [-0.2, -0.15) is 0 Å². The van der Waals surface area contributed by atoms with Crippen LogP contribution in [0.5, 0.6) is 0 Å². The van der Waals surface area contributed by atoms with Crippen molar-refractivity contribution in [3.8, 4) is 62.1 Å². The van der Waals surface area contributed by atoms with Gasteiger partial charge in [-0.25, -0.2) is 15.0 Å². The Labute approximate surface area is 322 Å². The molecule has 0 saturated carbocycles. The van der Waals surface area contributed by atoms with Crippen molar-refractivity contribution in [1.82, 2.24) is 19.5 Å². The summed E-state index contributed by atoms with van der Waals surface area (Å²) < 4.78 is 9.27. The van der Waals surface area contributed by atoms with Gasteiger partial charge in [0, 0.05) is 49.5 Å². The van der Waals surface area contributed by atoms with Crippen LogP contribution in [0.1, 0.15) is 0 Å². The predicted octanol–water partition coefficient (Wildman–Crippen LogP) is 13.2. The van der Waals surface area contributed by atoms with E-state index in [-0.39, 0.29) is 0 Å². The molecule has 0 aliphatic carbocycles. The molecule has 0 atom stereocenters. The van der Waals surface area contributed by atoms with Gasteiger partial charge in [0.05, 0.1) is 11.0 Å². The van der Waals surface area contributed by atoms with Gasteiger partial charge in [0.15, 0.2) is 17.5 Å². The Morgan fingerprint density at radius 2 is 0.893 bits per heavy atom. The van der Waals surface area contributed by atoms with Crippen molar-refractivity contribution in [2.24, 2.45) is 0 Å². The van der Waals surface area contributed by atoms with Gasteiger partial charge >= 0.3 is 0 Å². The van der Waals surface area contributed by atoms with Crippen LogP contribution in [0, 0.1) is 0 Å². The average Bonchev–Trinajstić information content (AvgIpc) is 3.82. The zero-order chi connectivity index (χ0) is 37.0. The molecule has 0 aliphatic heterocycles. The second kappa shape index (κ2) is 13.0. The van der Waals surface area contributed by atoms with Crippen LogP contribution >= 0.6 is 0 Å². The molecular weight excluding hydrogens is 685 g/mol. The minimum Gasteiger partial charge on any atom is -0.455 e. The van der Waals surface area contributed by atoms with E-state index in [2.05, 4.69) is 138 Å². The molecule has 11 rings (SSSR count). The van der Waals surface area contributed by atoms with Crippen molar-refractivity contribution < 1.29 is 4.42 Å². The van der Waals surface area contributed by atoms with Gasteiger partial charge in [0.25, 0.3) is 0 Å². The van der Waals surface area contributed by atoms with Gasteiger partial charge < -0.3 is 8.98 Å². The molecule has 0 aliphatic rings. The van der Waals surface area contributed by atoms with Crippen LogP contribution < -0.4 is 0 Å². The Morgan fingerprint density at radius 1 is 0.357 bits per heavy atom. The largest absolute Gasteiger partial charge is 0.455 e. The maximum Gasteiger partial charge on any atom is 0.164 e. The Hall–Kier alpha value is -7.63. The molecule has 3 heterocycles. The number of fused-ring (bicyclic) bond motifs is 6.